The van der Waals surface area contributed by atoms with Crippen molar-refractivity contribution in [3.05, 3.63) is 29.8 Å². The van der Waals surface area contributed by atoms with Crippen molar-refractivity contribution in [1.82, 2.24) is 0 Å². The van der Waals surface area contributed by atoms with E-state index < -0.39 is 12.1 Å². The van der Waals surface area contributed by atoms with Crippen LogP contribution in [0.2, 0.25) is 0 Å². The Kier molecular flexibility index (Phi) is 4.31. The standard InChI is InChI=1S/C12H17NO3/c1-3-10(12(14)15)16-11-7-5-4-6-9(11)8(2)13/h4-8,10H,3,13H2,1-2H3,(H,14,15)/t8-,10?/m1/s1. The van der Waals surface area contributed by atoms with E-state index in [1.165, 1.54) is 0 Å². The molecule has 0 bridgehead atoms. The smallest absolute Gasteiger partial charge is 0.344 e. The second-order valence-electron chi connectivity index (χ2n) is 3.68. The van der Waals surface area contributed by atoms with Gasteiger partial charge in [0.25, 0.3) is 0 Å². The maximum Gasteiger partial charge on any atom is 0.344 e. The molecule has 2 atom stereocenters. The van der Waals surface area contributed by atoms with E-state index in [1.807, 2.05) is 19.1 Å². The summed E-state index contributed by atoms with van der Waals surface area (Å²) in [5.74, 6) is -0.409. The van der Waals surface area contributed by atoms with Crippen LogP contribution in [0.3, 0.4) is 0 Å². The molecule has 1 aromatic carbocycles. The number of hydrogen-bond donors (Lipinski definition) is 2. The first-order chi connectivity index (χ1) is 7.56. The van der Waals surface area contributed by atoms with Crippen LogP contribution in [0.1, 0.15) is 31.9 Å². The van der Waals surface area contributed by atoms with Gasteiger partial charge in [-0.15, -0.1) is 0 Å². The summed E-state index contributed by atoms with van der Waals surface area (Å²) in [4.78, 5) is 10.9. The van der Waals surface area contributed by atoms with Crippen LogP contribution in [0, 0.1) is 0 Å². The first-order valence-corrected chi connectivity index (χ1v) is 5.30. The lowest BCUT2D eigenvalue weighted by Gasteiger charge is -2.17. The largest absolute Gasteiger partial charge is 0.479 e. The van der Waals surface area contributed by atoms with Crippen molar-refractivity contribution in [2.75, 3.05) is 0 Å². The molecule has 0 radical (unpaired) electrons. The summed E-state index contributed by atoms with van der Waals surface area (Å²) in [7, 11) is 0. The molecule has 0 heterocycles. The van der Waals surface area contributed by atoms with Gasteiger partial charge in [0.2, 0.25) is 0 Å². The Morgan fingerprint density at radius 2 is 2.12 bits per heavy atom. The zero-order valence-corrected chi connectivity index (χ0v) is 9.51. The molecular formula is C12H17NO3. The Morgan fingerprint density at radius 3 is 2.62 bits per heavy atom. The fourth-order valence-corrected chi connectivity index (χ4v) is 1.43. The van der Waals surface area contributed by atoms with Gasteiger partial charge >= 0.3 is 5.97 Å². The number of carbonyl (C=O) groups is 1. The van der Waals surface area contributed by atoms with Crippen LogP contribution in [0.5, 0.6) is 5.75 Å². The van der Waals surface area contributed by atoms with E-state index in [-0.39, 0.29) is 6.04 Å². The number of carboxylic acid groups (broad SMARTS) is 1. The first-order valence-electron chi connectivity index (χ1n) is 5.30. The molecule has 0 aromatic heterocycles. The topological polar surface area (TPSA) is 72.5 Å². The number of aliphatic carboxylic acids is 1. The van der Waals surface area contributed by atoms with Crippen molar-refractivity contribution in [1.29, 1.82) is 0 Å². The molecule has 0 spiro atoms. The van der Waals surface area contributed by atoms with E-state index in [9.17, 15) is 4.79 Å². The average Bonchev–Trinajstić information content (AvgIpc) is 2.25. The number of nitrogens with two attached hydrogens (primary N) is 1. The Labute approximate surface area is 95.0 Å². The molecule has 0 saturated carbocycles. The molecule has 0 aliphatic carbocycles. The first kappa shape index (κ1) is 12.5. The minimum absolute atomic E-state index is 0.178. The third-order valence-electron chi connectivity index (χ3n) is 2.33. The van der Waals surface area contributed by atoms with Crippen LogP contribution in [0.25, 0.3) is 0 Å². The Morgan fingerprint density at radius 1 is 1.50 bits per heavy atom. The number of carboxylic acids is 1. The lowest BCUT2D eigenvalue weighted by atomic mass is 10.1. The highest BCUT2D eigenvalue weighted by atomic mass is 16.5. The van der Waals surface area contributed by atoms with Crippen molar-refractivity contribution in [2.45, 2.75) is 32.4 Å². The third kappa shape index (κ3) is 2.97. The maximum atomic E-state index is 10.9. The molecular weight excluding hydrogens is 206 g/mol. The molecule has 0 saturated heterocycles. The predicted octanol–water partition coefficient (Wildman–Crippen LogP) is 1.95. The van der Waals surface area contributed by atoms with Gasteiger partial charge in [0.05, 0.1) is 0 Å². The number of benzene rings is 1. The van der Waals surface area contributed by atoms with Crippen molar-refractivity contribution >= 4 is 5.97 Å². The fraction of sp³-hybridized carbons (Fsp3) is 0.417. The van der Waals surface area contributed by atoms with Crippen LogP contribution in [0.4, 0.5) is 0 Å². The zero-order valence-electron chi connectivity index (χ0n) is 9.51. The molecule has 3 N–H and O–H groups in total. The number of para-hydroxylation sites is 1. The van der Waals surface area contributed by atoms with Gasteiger partial charge in [-0.1, -0.05) is 25.1 Å². The Bertz CT molecular complexity index is 363. The molecule has 0 aliphatic heterocycles. The predicted molar refractivity (Wildman–Crippen MR) is 61.4 cm³/mol. The second-order valence-corrected chi connectivity index (χ2v) is 3.68. The molecule has 1 unspecified atom stereocenters. The Balaban J connectivity index is 2.91. The van der Waals surface area contributed by atoms with Crippen LogP contribution in [0.15, 0.2) is 24.3 Å². The highest BCUT2D eigenvalue weighted by molar-refractivity contribution is 5.72. The molecule has 4 nitrogen and oxygen atoms in total. The minimum atomic E-state index is -0.957. The van der Waals surface area contributed by atoms with E-state index >= 15 is 0 Å². The average molecular weight is 223 g/mol. The SMILES string of the molecule is CCC(Oc1ccccc1[C@@H](C)N)C(=O)O. The minimum Gasteiger partial charge on any atom is -0.479 e. The van der Waals surface area contributed by atoms with Crippen molar-refractivity contribution in [2.24, 2.45) is 5.73 Å². The van der Waals surface area contributed by atoms with Gasteiger partial charge in [0.15, 0.2) is 6.10 Å². The highest BCUT2D eigenvalue weighted by Crippen LogP contribution is 2.24. The molecule has 0 amide bonds. The van der Waals surface area contributed by atoms with E-state index in [4.69, 9.17) is 15.6 Å². The molecule has 88 valence electrons. The summed E-state index contributed by atoms with van der Waals surface area (Å²) < 4.78 is 5.44. The number of hydrogen-bond acceptors (Lipinski definition) is 3. The van der Waals surface area contributed by atoms with Gasteiger partial charge in [-0.05, 0) is 19.4 Å². The van der Waals surface area contributed by atoms with Crippen LogP contribution >= 0.6 is 0 Å². The van der Waals surface area contributed by atoms with E-state index in [1.54, 1.807) is 19.1 Å². The van der Waals surface area contributed by atoms with Crippen molar-refractivity contribution < 1.29 is 14.6 Å². The zero-order chi connectivity index (χ0) is 12.1. The third-order valence-corrected chi connectivity index (χ3v) is 2.33. The summed E-state index contributed by atoms with van der Waals surface area (Å²) in [5.41, 5.74) is 6.60. The molecule has 1 aromatic rings. The summed E-state index contributed by atoms with van der Waals surface area (Å²) in [5, 5.41) is 8.91. The molecule has 16 heavy (non-hydrogen) atoms. The van der Waals surface area contributed by atoms with Gasteiger partial charge < -0.3 is 15.6 Å². The van der Waals surface area contributed by atoms with E-state index in [2.05, 4.69) is 0 Å². The van der Waals surface area contributed by atoms with Crippen LogP contribution < -0.4 is 10.5 Å². The summed E-state index contributed by atoms with van der Waals surface area (Å²) >= 11 is 0. The van der Waals surface area contributed by atoms with Gasteiger partial charge in [0, 0.05) is 11.6 Å². The van der Waals surface area contributed by atoms with Gasteiger partial charge in [0.1, 0.15) is 5.75 Å². The van der Waals surface area contributed by atoms with E-state index in [0.29, 0.717) is 12.2 Å². The second kappa shape index (κ2) is 5.51. The fourth-order valence-electron chi connectivity index (χ4n) is 1.43. The van der Waals surface area contributed by atoms with Crippen molar-refractivity contribution in [3.8, 4) is 5.75 Å². The van der Waals surface area contributed by atoms with Crippen LogP contribution in [-0.2, 0) is 4.79 Å². The number of ether oxygens (including phenoxy) is 1. The lowest BCUT2D eigenvalue weighted by molar-refractivity contribution is -0.145. The normalized spacial score (nSPS) is 14.2. The monoisotopic (exact) mass is 223 g/mol. The summed E-state index contributed by atoms with van der Waals surface area (Å²) in [6.07, 6.45) is -0.400. The van der Waals surface area contributed by atoms with Crippen molar-refractivity contribution in [3.63, 3.8) is 0 Å². The highest BCUT2D eigenvalue weighted by Gasteiger charge is 2.18. The lowest BCUT2D eigenvalue weighted by Crippen LogP contribution is -2.26. The molecule has 4 heteroatoms. The quantitative estimate of drug-likeness (QED) is 0.800. The molecule has 0 fully saturated rings. The van der Waals surface area contributed by atoms with Gasteiger partial charge in [-0.25, -0.2) is 4.79 Å². The molecule has 1 rings (SSSR count). The van der Waals surface area contributed by atoms with Crippen LogP contribution in [-0.4, -0.2) is 17.2 Å². The number of rotatable bonds is 5. The van der Waals surface area contributed by atoms with Gasteiger partial charge in [-0.3, -0.25) is 0 Å². The van der Waals surface area contributed by atoms with Gasteiger partial charge in [-0.2, -0.15) is 0 Å². The van der Waals surface area contributed by atoms with E-state index in [0.717, 1.165) is 5.56 Å². The maximum absolute atomic E-state index is 10.9. The summed E-state index contributed by atoms with van der Waals surface area (Å²) in [6.45, 7) is 3.61. The Hall–Kier alpha value is -1.55. The summed E-state index contributed by atoms with van der Waals surface area (Å²) in [6, 6.07) is 7.06. The molecule has 0 aliphatic rings.